The fourth-order valence-electron chi connectivity index (χ4n) is 3.31. The molecule has 13 heteroatoms. The minimum absolute atomic E-state index is 0.165. The van der Waals surface area contributed by atoms with Crippen molar-refractivity contribution in [1.82, 2.24) is 29.5 Å². The first-order chi connectivity index (χ1) is 15.9. The Labute approximate surface area is 195 Å². The van der Waals surface area contributed by atoms with Crippen LogP contribution in [0.5, 0.6) is 5.88 Å². The van der Waals surface area contributed by atoms with Crippen LogP contribution < -0.4 is 21.8 Å². The minimum atomic E-state index is -0.585. The van der Waals surface area contributed by atoms with Crippen molar-refractivity contribution < 1.29 is 10.2 Å². The Morgan fingerprint density at radius 1 is 1.24 bits per heavy atom. The predicted molar refractivity (Wildman–Crippen MR) is 121 cm³/mol. The third-order valence-corrected chi connectivity index (χ3v) is 5.47. The summed E-state index contributed by atoms with van der Waals surface area (Å²) in [6.45, 7) is -0.267. The van der Waals surface area contributed by atoms with Crippen LogP contribution in [-0.2, 0) is 0 Å². The number of anilines is 1. The van der Waals surface area contributed by atoms with E-state index in [0.29, 0.717) is 32.1 Å². The SMILES string of the molecule is O=c1[nH]c(O)c(/C=c2\cnn3c(=NC4CC4)nc(NC(CO)c4cc(Cl)cc(Cl)c4)nc23)[nH]1. The molecular weight excluding hydrogens is 471 g/mol. The maximum Gasteiger partial charge on any atom is 0.326 e. The summed E-state index contributed by atoms with van der Waals surface area (Å²) in [7, 11) is 0. The summed E-state index contributed by atoms with van der Waals surface area (Å²) in [4.78, 5) is 29.9. The number of nitrogens with zero attached hydrogens (tertiary/aromatic N) is 5. The molecule has 170 valence electrons. The van der Waals surface area contributed by atoms with Crippen LogP contribution in [0.15, 0.2) is 34.2 Å². The molecule has 1 unspecified atom stereocenters. The average Bonchev–Trinajstić information content (AvgIpc) is 3.40. The zero-order chi connectivity index (χ0) is 23.1. The molecule has 0 radical (unpaired) electrons. The lowest BCUT2D eigenvalue weighted by Gasteiger charge is -2.17. The van der Waals surface area contributed by atoms with Crippen molar-refractivity contribution >= 4 is 40.9 Å². The van der Waals surface area contributed by atoms with Gasteiger partial charge in [0.1, 0.15) is 5.69 Å². The van der Waals surface area contributed by atoms with Gasteiger partial charge in [0.25, 0.3) is 5.62 Å². The summed E-state index contributed by atoms with van der Waals surface area (Å²) in [6, 6.07) is 4.57. The molecule has 11 nitrogen and oxygen atoms in total. The Morgan fingerprint density at radius 2 is 2.00 bits per heavy atom. The van der Waals surface area contributed by atoms with Crippen molar-refractivity contribution in [2.45, 2.75) is 24.9 Å². The van der Waals surface area contributed by atoms with E-state index in [1.807, 2.05) is 0 Å². The number of rotatable bonds is 6. The van der Waals surface area contributed by atoms with Crippen molar-refractivity contribution in [3.05, 3.63) is 67.0 Å². The van der Waals surface area contributed by atoms with E-state index in [-0.39, 0.29) is 30.2 Å². The van der Waals surface area contributed by atoms with Crippen molar-refractivity contribution in [2.24, 2.45) is 4.99 Å². The van der Waals surface area contributed by atoms with Crippen LogP contribution in [0.3, 0.4) is 0 Å². The number of imidazole rings is 1. The van der Waals surface area contributed by atoms with Crippen LogP contribution in [0.4, 0.5) is 5.95 Å². The maximum atomic E-state index is 11.5. The minimum Gasteiger partial charge on any atom is -0.493 e. The summed E-state index contributed by atoms with van der Waals surface area (Å²) in [5, 5.41) is 28.7. The number of hydrogen-bond acceptors (Lipinski definition) is 8. The molecule has 5 rings (SSSR count). The van der Waals surface area contributed by atoms with Gasteiger partial charge in [0.15, 0.2) is 5.65 Å². The van der Waals surface area contributed by atoms with Crippen LogP contribution >= 0.6 is 23.2 Å². The highest BCUT2D eigenvalue weighted by atomic mass is 35.5. The molecule has 0 saturated heterocycles. The van der Waals surface area contributed by atoms with E-state index < -0.39 is 11.7 Å². The lowest BCUT2D eigenvalue weighted by Crippen LogP contribution is -2.26. The van der Waals surface area contributed by atoms with Crippen molar-refractivity contribution in [3.8, 4) is 5.88 Å². The Morgan fingerprint density at radius 3 is 2.64 bits per heavy atom. The lowest BCUT2D eigenvalue weighted by atomic mass is 10.1. The molecule has 1 aromatic carbocycles. The van der Waals surface area contributed by atoms with Crippen LogP contribution in [0.2, 0.25) is 10.0 Å². The van der Waals surface area contributed by atoms with Gasteiger partial charge in [-0.1, -0.05) is 23.2 Å². The zero-order valence-corrected chi connectivity index (χ0v) is 18.5. The fourth-order valence-corrected chi connectivity index (χ4v) is 3.85. The normalized spacial score (nSPS) is 16.0. The molecular formula is C20H18Cl2N8O3. The molecule has 3 aromatic heterocycles. The monoisotopic (exact) mass is 488 g/mol. The van der Waals surface area contributed by atoms with Gasteiger partial charge in [0.2, 0.25) is 11.8 Å². The third-order valence-electron chi connectivity index (χ3n) is 5.03. The Bertz CT molecular complexity index is 1500. The van der Waals surface area contributed by atoms with Crippen LogP contribution in [0, 0.1) is 0 Å². The van der Waals surface area contributed by atoms with Gasteiger partial charge in [-0.3, -0.25) is 4.98 Å². The molecule has 0 bridgehead atoms. The summed E-state index contributed by atoms with van der Waals surface area (Å²) in [6.07, 6.45) is 5.00. The van der Waals surface area contributed by atoms with E-state index in [1.54, 1.807) is 18.2 Å². The molecule has 1 aliphatic carbocycles. The first-order valence-electron chi connectivity index (χ1n) is 10.1. The second-order valence-electron chi connectivity index (χ2n) is 7.61. The quantitative estimate of drug-likeness (QED) is 0.270. The molecule has 4 aromatic rings. The van der Waals surface area contributed by atoms with E-state index in [2.05, 4.69) is 35.3 Å². The standard InChI is InChI=1S/C20H18Cl2N8O3/c21-11-3-9(4-12(22)6-11)15(8-31)25-18-27-16-10(5-14-17(32)28-20(33)26-14)7-23-30(16)19(29-18)24-13-1-2-13/h3-7,13,15,31-32H,1-2,8H2,(H,24,25,29)(H2,26,28,33)/b10-5+. The fraction of sp³-hybridized carbons (Fsp3) is 0.250. The van der Waals surface area contributed by atoms with Gasteiger partial charge < -0.3 is 20.5 Å². The highest BCUT2D eigenvalue weighted by Crippen LogP contribution is 2.25. The van der Waals surface area contributed by atoms with Crippen LogP contribution in [-0.4, -0.2) is 52.4 Å². The highest BCUT2D eigenvalue weighted by Gasteiger charge is 2.21. The number of benzene rings is 1. The third kappa shape index (κ3) is 4.56. The van der Waals surface area contributed by atoms with E-state index in [4.69, 9.17) is 23.2 Å². The number of aliphatic hydroxyl groups is 1. The number of aromatic amines is 2. The number of aromatic hydroxyl groups is 1. The first-order valence-corrected chi connectivity index (χ1v) is 10.8. The van der Waals surface area contributed by atoms with Gasteiger partial charge in [0, 0.05) is 15.3 Å². The molecule has 0 aliphatic heterocycles. The Balaban J connectivity index is 1.63. The number of hydrogen-bond donors (Lipinski definition) is 5. The molecule has 3 heterocycles. The second-order valence-corrected chi connectivity index (χ2v) is 8.48. The van der Waals surface area contributed by atoms with E-state index >= 15 is 0 Å². The zero-order valence-electron chi connectivity index (χ0n) is 17.0. The number of aromatic nitrogens is 6. The van der Waals surface area contributed by atoms with Gasteiger partial charge in [0.05, 0.1) is 24.9 Å². The summed E-state index contributed by atoms with van der Waals surface area (Å²) < 4.78 is 1.49. The van der Waals surface area contributed by atoms with E-state index in [0.717, 1.165) is 12.8 Å². The maximum absolute atomic E-state index is 11.5. The molecule has 0 spiro atoms. The molecule has 1 fully saturated rings. The first kappa shape index (κ1) is 21.4. The van der Waals surface area contributed by atoms with Crippen LogP contribution in [0.1, 0.15) is 30.1 Å². The number of fused-ring (bicyclic) bond motifs is 1. The van der Waals surface area contributed by atoms with Crippen molar-refractivity contribution in [1.29, 1.82) is 0 Å². The smallest absolute Gasteiger partial charge is 0.326 e. The van der Waals surface area contributed by atoms with E-state index in [9.17, 15) is 15.0 Å². The molecule has 1 aliphatic rings. The van der Waals surface area contributed by atoms with Gasteiger partial charge in [-0.25, -0.2) is 9.79 Å². The Kier molecular flexibility index (Phi) is 5.52. The summed E-state index contributed by atoms with van der Waals surface area (Å²) in [5.74, 6) is -0.0909. The highest BCUT2D eigenvalue weighted by molar-refractivity contribution is 6.34. The van der Waals surface area contributed by atoms with Gasteiger partial charge in [-0.2, -0.15) is 19.6 Å². The number of H-pyrrole nitrogens is 2. The van der Waals surface area contributed by atoms with Gasteiger partial charge in [-0.15, -0.1) is 0 Å². The molecule has 5 N–H and O–H groups in total. The predicted octanol–water partition coefficient (Wildman–Crippen LogP) is 0.909. The largest absolute Gasteiger partial charge is 0.493 e. The van der Waals surface area contributed by atoms with Crippen molar-refractivity contribution in [3.63, 3.8) is 0 Å². The van der Waals surface area contributed by atoms with E-state index in [1.165, 1.54) is 16.8 Å². The van der Waals surface area contributed by atoms with Crippen LogP contribution in [0.25, 0.3) is 11.7 Å². The lowest BCUT2D eigenvalue weighted by molar-refractivity contribution is 0.276. The average molecular weight is 489 g/mol. The molecule has 1 atom stereocenters. The topological polar surface area (TPSA) is 157 Å². The van der Waals surface area contributed by atoms with Gasteiger partial charge in [-0.05, 0) is 42.7 Å². The number of aliphatic hydroxyl groups excluding tert-OH is 1. The second kappa shape index (κ2) is 8.50. The molecule has 33 heavy (non-hydrogen) atoms. The molecule has 0 amide bonds. The number of halogens is 2. The van der Waals surface area contributed by atoms with Gasteiger partial charge >= 0.3 is 5.69 Å². The summed E-state index contributed by atoms with van der Waals surface area (Å²) in [5.41, 5.74) is 1.05. The number of nitrogens with one attached hydrogen (secondary N) is 3. The van der Waals surface area contributed by atoms with Crippen molar-refractivity contribution in [2.75, 3.05) is 11.9 Å². The Hall–Kier alpha value is -3.41. The summed E-state index contributed by atoms with van der Waals surface area (Å²) >= 11 is 12.2. The molecule has 1 saturated carbocycles.